The van der Waals surface area contributed by atoms with Crippen molar-refractivity contribution < 1.29 is 9.26 Å². The van der Waals surface area contributed by atoms with Crippen molar-refractivity contribution in [3.8, 4) is 17.3 Å². The molecule has 2 aromatic rings. The van der Waals surface area contributed by atoms with Gasteiger partial charge in [0, 0.05) is 17.8 Å². The minimum Gasteiger partial charge on any atom is -0.481 e. The highest BCUT2D eigenvalue weighted by atomic mass is 35.5. The maximum Gasteiger partial charge on any atom is 0.243 e. The number of ether oxygens (including phenoxy) is 1. The van der Waals surface area contributed by atoms with Gasteiger partial charge < -0.3 is 15.0 Å². The van der Waals surface area contributed by atoms with Crippen LogP contribution in [0.1, 0.15) is 18.9 Å². The highest BCUT2D eigenvalue weighted by molar-refractivity contribution is 5.85. The number of hydrogen-bond acceptors (Lipinski definition) is 6. The molecule has 2 heterocycles. The number of halogens is 1. The molecule has 0 aliphatic carbocycles. The second kappa shape index (κ2) is 5.60. The molecule has 0 radical (unpaired) electrons. The summed E-state index contributed by atoms with van der Waals surface area (Å²) in [5.74, 6) is 1.42. The highest BCUT2D eigenvalue weighted by Crippen LogP contribution is 2.18. The maximum absolute atomic E-state index is 5.62. The molecule has 2 rings (SSSR count). The molecule has 0 fully saturated rings. The fraction of sp³-hybridized carbons (Fsp3) is 0.300. The van der Waals surface area contributed by atoms with E-state index in [0.29, 0.717) is 17.6 Å². The molecule has 7 heteroatoms. The Hall–Kier alpha value is -1.66. The Morgan fingerprint density at radius 3 is 2.65 bits per heavy atom. The lowest BCUT2D eigenvalue weighted by Crippen LogP contribution is -2.04. The fourth-order valence-electron chi connectivity index (χ4n) is 1.17. The SMILES string of the molecule is COc1ccc(-c2noc([C@H](C)N)n2)cn1.Cl. The number of aromatic nitrogens is 3. The number of pyridine rings is 1. The van der Waals surface area contributed by atoms with Crippen molar-refractivity contribution in [3.63, 3.8) is 0 Å². The van der Waals surface area contributed by atoms with E-state index in [9.17, 15) is 0 Å². The zero-order chi connectivity index (χ0) is 11.5. The lowest BCUT2D eigenvalue weighted by Gasteiger charge is -1.97. The molecule has 92 valence electrons. The number of methoxy groups -OCH3 is 1. The molecule has 0 bridgehead atoms. The molecule has 0 saturated carbocycles. The summed E-state index contributed by atoms with van der Waals surface area (Å²) in [6.45, 7) is 1.78. The second-order valence-electron chi connectivity index (χ2n) is 3.33. The van der Waals surface area contributed by atoms with Gasteiger partial charge in [-0.05, 0) is 13.0 Å². The fourth-order valence-corrected chi connectivity index (χ4v) is 1.17. The van der Waals surface area contributed by atoms with Crippen LogP contribution in [0.2, 0.25) is 0 Å². The van der Waals surface area contributed by atoms with E-state index < -0.39 is 0 Å². The third kappa shape index (κ3) is 2.92. The van der Waals surface area contributed by atoms with Gasteiger partial charge in [-0.3, -0.25) is 0 Å². The van der Waals surface area contributed by atoms with Crippen LogP contribution >= 0.6 is 12.4 Å². The molecule has 1 atom stereocenters. The largest absolute Gasteiger partial charge is 0.481 e. The summed E-state index contributed by atoms with van der Waals surface area (Å²) in [6.07, 6.45) is 1.62. The van der Waals surface area contributed by atoms with Crippen LogP contribution in [-0.2, 0) is 0 Å². The molecule has 0 amide bonds. The van der Waals surface area contributed by atoms with Crippen LogP contribution in [0, 0.1) is 0 Å². The van der Waals surface area contributed by atoms with Crippen LogP contribution in [0.4, 0.5) is 0 Å². The zero-order valence-electron chi connectivity index (χ0n) is 9.45. The number of nitrogens with two attached hydrogens (primary N) is 1. The van der Waals surface area contributed by atoms with Crippen molar-refractivity contribution in [2.75, 3.05) is 7.11 Å². The lowest BCUT2D eigenvalue weighted by molar-refractivity contribution is 0.362. The van der Waals surface area contributed by atoms with Crippen LogP contribution in [0.3, 0.4) is 0 Å². The van der Waals surface area contributed by atoms with Crippen LogP contribution in [0.25, 0.3) is 11.4 Å². The normalized spacial score (nSPS) is 11.7. The standard InChI is InChI=1S/C10H12N4O2.ClH/c1-6(11)10-13-9(14-16-10)7-3-4-8(15-2)12-5-7;/h3-6H,11H2,1-2H3;1H/t6-;/m0./s1. The van der Waals surface area contributed by atoms with Crippen LogP contribution in [0.5, 0.6) is 5.88 Å². The van der Waals surface area contributed by atoms with Gasteiger partial charge in [0.05, 0.1) is 13.2 Å². The van der Waals surface area contributed by atoms with Gasteiger partial charge in [0.2, 0.25) is 17.6 Å². The molecular weight excluding hydrogens is 244 g/mol. The summed E-state index contributed by atoms with van der Waals surface area (Å²) in [6, 6.07) is 3.27. The van der Waals surface area contributed by atoms with Crippen LogP contribution < -0.4 is 10.5 Å². The van der Waals surface area contributed by atoms with Gasteiger partial charge in [-0.25, -0.2) is 4.98 Å². The molecule has 0 unspecified atom stereocenters. The minimum atomic E-state index is -0.271. The summed E-state index contributed by atoms with van der Waals surface area (Å²) >= 11 is 0. The van der Waals surface area contributed by atoms with E-state index in [4.69, 9.17) is 15.0 Å². The second-order valence-corrected chi connectivity index (χ2v) is 3.33. The zero-order valence-corrected chi connectivity index (χ0v) is 10.3. The van der Waals surface area contributed by atoms with Crippen LogP contribution in [0.15, 0.2) is 22.9 Å². The first-order chi connectivity index (χ1) is 7.70. The van der Waals surface area contributed by atoms with Gasteiger partial charge in [-0.1, -0.05) is 5.16 Å². The minimum absolute atomic E-state index is 0. The number of rotatable bonds is 3. The molecule has 0 aliphatic heterocycles. The molecule has 0 spiro atoms. The predicted octanol–water partition coefficient (Wildman–Crippen LogP) is 1.58. The third-order valence-electron chi connectivity index (χ3n) is 2.03. The van der Waals surface area contributed by atoms with Crippen molar-refractivity contribution >= 4 is 12.4 Å². The molecule has 17 heavy (non-hydrogen) atoms. The van der Waals surface area contributed by atoms with Gasteiger partial charge in [0.1, 0.15) is 0 Å². The van der Waals surface area contributed by atoms with Crippen LogP contribution in [-0.4, -0.2) is 22.2 Å². The Kier molecular flexibility index (Phi) is 4.42. The monoisotopic (exact) mass is 256 g/mol. The molecular formula is C10H13ClN4O2. The maximum atomic E-state index is 5.62. The van der Waals surface area contributed by atoms with E-state index in [1.807, 2.05) is 6.07 Å². The summed E-state index contributed by atoms with van der Waals surface area (Å²) in [7, 11) is 1.56. The van der Waals surface area contributed by atoms with Crippen molar-refractivity contribution in [2.24, 2.45) is 5.73 Å². The highest BCUT2D eigenvalue weighted by Gasteiger charge is 2.11. The first kappa shape index (κ1) is 13.4. The average Bonchev–Trinajstić information content (AvgIpc) is 2.78. The van der Waals surface area contributed by atoms with Crippen molar-refractivity contribution in [2.45, 2.75) is 13.0 Å². The number of nitrogens with zero attached hydrogens (tertiary/aromatic N) is 3. The van der Waals surface area contributed by atoms with Crippen molar-refractivity contribution in [1.82, 2.24) is 15.1 Å². The Balaban J connectivity index is 0.00000144. The van der Waals surface area contributed by atoms with E-state index in [0.717, 1.165) is 5.56 Å². The van der Waals surface area contributed by atoms with Gasteiger partial charge in [0.15, 0.2) is 0 Å². The summed E-state index contributed by atoms with van der Waals surface area (Å²) in [4.78, 5) is 8.20. The molecule has 0 aromatic carbocycles. The number of hydrogen-bond donors (Lipinski definition) is 1. The smallest absolute Gasteiger partial charge is 0.243 e. The van der Waals surface area contributed by atoms with E-state index in [1.54, 1.807) is 26.3 Å². The summed E-state index contributed by atoms with van der Waals surface area (Å²) in [5.41, 5.74) is 6.38. The molecule has 0 aliphatic rings. The van der Waals surface area contributed by atoms with E-state index in [-0.39, 0.29) is 18.4 Å². The third-order valence-corrected chi connectivity index (χ3v) is 2.03. The topological polar surface area (TPSA) is 87.1 Å². The quantitative estimate of drug-likeness (QED) is 0.897. The van der Waals surface area contributed by atoms with E-state index in [1.165, 1.54) is 0 Å². The van der Waals surface area contributed by atoms with E-state index in [2.05, 4.69) is 15.1 Å². The Morgan fingerprint density at radius 1 is 1.41 bits per heavy atom. The van der Waals surface area contributed by atoms with Gasteiger partial charge in [-0.15, -0.1) is 12.4 Å². The Labute approximate surface area is 105 Å². The predicted molar refractivity (Wildman–Crippen MR) is 63.9 cm³/mol. The Morgan fingerprint density at radius 2 is 2.18 bits per heavy atom. The first-order valence-electron chi connectivity index (χ1n) is 4.80. The summed E-state index contributed by atoms with van der Waals surface area (Å²) in [5, 5.41) is 3.82. The molecule has 2 aromatic heterocycles. The first-order valence-corrected chi connectivity index (χ1v) is 4.80. The van der Waals surface area contributed by atoms with E-state index >= 15 is 0 Å². The van der Waals surface area contributed by atoms with Crippen molar-refractivity contribution in [3.05, 3.63) is 24.2 Å². The van der Waals surface area contributed by atoms with Gasteiger partial charge >= 0.3 is 0 Å². The molecule has 2 N–H and O–H groups in total. The van der Waals surface area contributed by atoms with Crippen molar-refractivity contribution in [1.29, 1.82) is 0 Å². The van der Waals surface area contributed by atoms with Gasteiger partial charge in [0.25, 0.3) is 0 Å². The van der Waals surface area contributed by atoms with Gasteiger partial charge in [-0.2, -0.15) is 4.98 Å². The summed E-state index contributed by atoms with van der Waals surface area (Å²) < 4.78 is 9.95. The average molecular weight is 257 g/mol. The lowest BCUT2D eigenvalue weighted by atomic mass is 10.3. The Bertz CT molecular complexity index is 469. The molecule has 6 nitrogen and oxygen atoms in total. The molecule has 0 saturated heterocycles.